The van der Waals surface area contributed by atoms with Crippen LogP contribution in [0.5, 0.6) is 0 Å². The molecule has 2 aliphatic rings. The van der Waals surface area contributed by atoms with Gasteiger partial charge in [-0.3, -0.25) is 10.1 Å². The highest BCUT2D eigenvalue weighted by Crippen LogP contribution is 2.13. The van der Waals surface area contributed by atoms with E-state index in [1.165, 1.54) is 0 Å². The lowest BCUT2D eigenvalue weighted by molar-refractivity contribution is -0.161. The maximum atomic E-state index is 10.8. The molecular weight excluding hydrogens is 260 g/mol. The summed E-state index contributed by atoms with van der Waals surface area (Å²) in [5.74, 6) is 4.99. The smallest absolute Gasteiger partial charge is 0.324 e. The normalized spacial score (nSPS) is 25.9. The zero-order chi connectivity index (χ0) is 14.2. The number of hydrogen-bond donors (Lipinski definition) is 3. The van der Waals surface area contributed by atoms with Crippen LogP contribution in [0.25, 0.3) is 0 Å². The largest absolute Gasteiger partial charge is 0.480 e. The Kier molecular flexibility index (Phi) is 5.87. The van der Waals surface area contributed by atoms with Gasteiger partial charge in [0.25, 0.3) is 0 Å². The fourth-order valence-electron chi connectivity index (χ4n) is 2.03. The first-order valence-corrected chi connectivity index (χ1v) is 6.89. The van der Waals surface area contributed by atoms with Gasteiger partial charge in [-0.15, -0.1) is 0 Å². The zero-order valence-corrected chi connectivity index (χ0v) is 11.4. The Balaban J connectivity index is 1.69. The Morgan fingerprint density at radius 3 is 3.20 bits per heavy atom. The number of carboxylic acid groups (broad SMARTS) is 1. The Morgan fingerprint density at radius 1 is 1.55 bits per heavy atom. The highest BCUT2D eigenvalue weighted by atomic mass is 16.7. The van der Waals surface area contributed by atoms with Crippen molar-refractivity contribution >= 4 is 5.97 Å². The molecule has 0 aromatic carbocycles. The first-order chi connectivity index (χ1) is 9.75. The van der Waals surface area contributed by atoms with E-state index < -0.39 is 12.0 Å². The van der Waals surface area contributed by atoms with Gasteiger partial charge in [0.2, 0.25) is 0 Å². The van der Waals surface area contributed by atoms with Gasteiger partial charge in [-0.25, -0.2) is 0 Å². The van der Waals surface area contributed by atoms with Gasteiger partial charge in [0.1, 0.15) is 6.04 Å². The van der Waals surface area contributed by atoms with Crippen molar-refractivity contribution in [1.29, 1.82) is 0 Å². The van der Waals surface area contributed by atoms with E-state index in [4.69, 9.17) is 14.6 Å². The molecule has 6 nitrogen and oxygen atoms in total. The second-order valence-electron chi connectivity index (χ2n) is 4.67. The van der Waals surface area contributed by atoms with Gasteiger partial charge in [-0.1, -0.05) is 5.92 Å². The monoisotopic (exact) mass is 280 g/mol. The second kappa shape index (κ2) is 7.90. The van der Waals surface area contributed by atoms with E-state index in [9.17, 15) is 4.79 Å². The van der Waals surface area contributed by atoms with E-state index in [-0.39, 0.29) is 6.29 Å². The summed E-state index contributed by atoms with van der Waals surface area (Å²) in [5.41, 5.74) is 0.644. The third-order valence-corrected chi connectivity index (χ3v) is 3.09. The minimum atomic E-state index is -0.899. The average molecular weight is 280 g/mol. The van der Waals surface area contributed by atoms with Crippen molar-refractivity contribution in [2.75, 3.05) is 19.9 Å². The van der Waals surface area contributed by atoms with Crippen LogP contribution in [0.1, 0.15) is 25.7 Å². The minimum Gasteiger partial charge on any atom is -0.480 e. The first kappa shape index (κ1) is 14.9. The van der Waals surface area contributed by atoms with Gasteiger partial charge < -0.3 is 19.9 Å². The number of carboxylic acids is 1. The van der Waals surface area contributed by atoms with Crippen molar-refractivity contribution in [2.45, 2.75) is 38.0 Å². The summed E-state index contributed by atoms with van der Waals surface area (Å²) in [6, 6.07) is -0.674. The molecule has 2 aliphatic heterocycles. The first-order valence-electron chi connectivity index (χ1n) is 6.89. The lowest BCUT2D eigenvalue weighted by Crippen LogP contribution is -2.45. The summed E-state index contributed by atoms with van der Waals surface area (Å²) in [6.45, 7) is 1.71. The van der Waals surface area contributed by atoms with Gasteiger partial charge >= 0.3 is 5.97 Å². The Labute approximate surface area is 118 Å². The zero-order valence-electron chi connectivity index (χ0n) is 11.4. The molecule has 0 bridgehead atoms. The molecule has 1 fully saturated rings. The molecular formula is C14H20N2O4. The lowest BCUT2D eigenvalue weighted by Gasteiger charge is -2.22. The maximum absolute atomic E-state index is 10.8. The van der Waals surface area contributed by atoms with Crippen LogP contribution in [0.15, 0.2) is 11.8 Å². The molecule has 0 aliphatic carbocycles. The van der Waals surface area contributed by atoms with Gasteiger partial charge in [-0.05, 0) is 31.3 Å². The van der Waals surface area contributed by atoms with E-state index in [0.29, 0.717) is 25.4 Å². The number of rotatable bonds is 4. The molecule has 2 rings (SSSR count). The Morgan fingerprint density at radius 2 is 2.45 bits per heavy atom. The molecule has 0 spiro atoms. The average Bonchev–Trinajstić information content (AvgIpc) is 2.48. The van der Waals surface area contributed by atoms with E-state index in [1.54, 1.807) is 6.08 Å². The third kappa shape index (κ3) is 4.85. The van der Waals surface area contributed by atoms with Gasteiger partial charge in [-0.2, -0.15) is 0 Å². The molecule has 20 heavy (non-hydrogen) atoms. The van der Waals surface area contributed by atoms with Crippen molar-refractivity contribution in [3.05, 3.63) is 11.8 Å². The van der Waals surface area contributed by atoms with Crippen LogP contribution in [-0.2, 0) is 14.3 Å². The standard InChI is InChI=1S/C14H20N2O4/c17-14(18)12-9-11(15-10-16-12)5-1-3-7-19-13-6-2-4-8-20-13/h9,12-13,15-16H,2-4,6-8,10H2,(H,17,18). The van der Waals surface area contributed by atoms with Gasteiger partial charge in [0.15, 0.2) is 6.29 Å². The maximum Gasteiger partial charge on any atom is 0.324 e. The summed E-state index contributed by atoms with van der Waals surface area (Å²) in [4.78, 5) is 10.8. The van der Waals surface area contributed by atoms with Crippen LogP contribution >= 0.6 is 0 Å². The van der Waals surface area contributed by atoms with Gasteiger partial charge in [0, 0.05) is 13.0 Å². The van der Waals surface area contributed by atoms with Crippen LogP contribution in [0, 0.1) is 11.8 Å². The fourth-order valence-corrected chi connectivity index (χ4v) is 2.03. The van der Waals surface area contributed by atoms with Crippen molar-refractivity contribution in [2.24, 2.45) is 0 Å². The summed E-state index contributed by atoms with van der Waals surface area (Å²) in [6.07, 6.45) is 5.30. The third-order valence-electron chi connectivity index (χ3n) is 3.09. The summed E-state index contributed by atoms with van der Waals surface area (Å²) >= 11 is 0. The predicted octanol–water partition coefficient (Wildman–Crippen LogP) is 0.411. The van der Waals surface area contributed by atoms with E-state index >= 15 is 0 Å². The molecule has 0 aromatic heterocycles. The highest BCUT2D eigenvalue weighted by Gasteiger charge is 2.17. The molecule has 3 N–H and O–H groups in total. The van der Waals surface area contributed by atoms with Crippen LogP contribution in [0.2, 0.25) is 0 Å². The summed E-state index contributed by atoms with van der Waals surface area (Å²) in [7, 11) is 0. The fraction of sp³-hybridized carbons (Fsp3) is 0.643. The van der Waals surface area contributed by atoms with Crippen molar-refractivity contribution in [3.8, 4) is 11.8 Å². The highest BCUT2D eigenvalue weighted by molar-refractivity contribution is 5.76. The molecule has 0 aromatic rings. The molecule has 0 radical (unpaired) electrons. The number of hydrogen-bond acceptors (Lipinski definition) is 5. The topological polar surface area (TPSA) is 79.8 Å². The lowest BCUT2D eigenvalue weighted by atomic mass is 10.2. The van der Waals surface area contributed by atoms with Crippen molar-refractivity contribution < 1.29 is 19.4 Å². The molecule has 110 valence electrons. The predicted molar refractivity (Wildman–Crippen MR) is 72.6 cm³/mol. The van der Waals surface area contributed by atoms with E-state index in [0.717, 1.165) is 25.9 Å². The molecule has 2 unspecified atom stereocenters. The van der Waals surface area contributed by atoms with Crippen molar-refractivity contribution in [3.63, 3.8) is 0 Å². The summed E-state index contributed by atoms with van der Waals surface area (Å²) < 4.78 is 11.0. The number of nitrogens with one attached hydrogen (secondary N) is 2. The Bertz CT molecular complexity index is 419. The molecule has 2 atom stereocenters. The summed E-state index contributed by atoms with van der Waals surface area (Å²) in [5, 5.41) is 14.7. The van der Waals surface area contributed by atoms with E-state index in [1.807, 2.05) is 0 Å². The van der Waals surface area contributed by atoms with E-state index in [2.05, 4.69) is 22.5 Å². The molecule has 0 amide bonds. The number of allylic oxidation sites excluding steroid dienone is 1. The number of ether oxygens (including phenoxy) is 2. The second-order valence-corrected chi connectivity index (χ2v) is 4.67. The quantitative estimate of drug-likeness (QED) is 0.511. The molecule has 2 heterocycles. The van der Waals surface area contributed by atoms with Crippen LogP contribution in [-0.4, -0.2) is 43.3 Å². The minimum absolute atomic E-state index is 0.0850. The van der Waals surface area contributed by atoms with Crippen molar-refractivity contribution in [1.82, 2.24) is 10.6 Å². The van der Waals surface area contributed by atoms with Crippen LogP contribution in [0.3, 0.4) is 0 Å². The SMILES string of the molecule is O=C(O)C1C=C(C#CCCOC2CCCCO2)NCN1. The van der Waals surface area contributed by atoms with Gasteiger partial charge in [0.05, 0.1) is 19.0 Å². The molecule has 6 heteroatoms. The number of aliphatic carboxylic acids is 1. The molecule has 0 saturated carbocycles. The van der Waals surface area contributed by atoms with Crippen LogP contribution < -0.4 is 10.6 Å². The number of carbonyl (C=O) groups is 1. The Hall–Kier alpha value is -1.55. The molecule has 1 saturated heterocycles. The van der Waals surface area contributed by atoms with Crippen LogP contribution in [0.4, 0.5) is 0 Å².